The van der Waals surface area contributed by atoms with Crippen LogP contribution in [0.3, 0.4) is 0 Å². The van der Waals surface area contributed by atoms with E-state index in [1.807, 2.05) is 0 Å². The average Bonchev–Trinajstić information content (AvgIpc) is 2.40. The number of rotatable bonds is 0. The minimum absolute atomic E-state index is 0.130. The smallest absolute Gasteiger partial charge is 0.373 e. The summed E-state index contributed by atoms with van der Waals surface area (Å²) in [4.78, 5) is 19.5. The molecule has 0 atom stereocenters. The number of halogens is 2. The van der Waals surface area contributed by atoms with E-state index in [0.717, 1.165) is 0 Å². The number of nitriles is 1. The lowest BCUT2D eigenvalue weighted by Crippen LogP contribution is -2.36. The number of hydrogen-bond acceptors (Lipinski definition) is 4. The first-order chi connectivity index (χ1) is 9.04. The number of aliphatic imine (C=N–C) groups is 2. The first kappa shape index (κ1) is 13.3. The van der Waals surface area contributed by atoms with Gasteiger partial charge in [-0.2, -0.15) is 5.26 Å². The van der Waals surface area contributed by atoms with E-state index in [-0.39, 0.29) is 6.54 Å². The Balaban J connectivity index is 2.43. The zero-order chi connectivity index (χ0) is 14.0. The van der Waals surface area contributed by atoms with E-state index in [0.29, 0.717) is 21.3 Å². The maximum atomic E-state index is 11.0. The van der Waals surface area contributed by atoms with Gasteiger partial charge in [-0.3, -0.25) is 0 Å². The molecule has 1 aromatic rings. The van der Waals surface area contributed by atoms with Crippen LogP contribution in [0.25, 0.3) is 0 Å². The SMILES string of the molecule is N#CN=C(C(=O)O)N1C=Nc2ccc(Cl)c(Cl)c2C1. The number of fused-ring (bicyclic) bond motifs is 1. The Morgan fingerprint density at radius 1 is 1.53 bits per heavy atom. The van der Waals surface area contributed by atoms with Crippen LogP contribution in [0.5, 0.6) is 0 Å². The minimum atomic E-state index is -1.32. The van der Waals surface area contributed by atoms with E-state index in [1.165, 1.54) is 17.4 Å². The molecule has 1 aromatic carbocycles. The molecule has 0 aromatic heterocycles. The molecular weight excluding hydrogens is 291 g/mol. The highest BCUT2D eigenvalue weighted by atomic mass is 35.5. The van der Waals surface area contributed by atoms with Crippen LogP contribution in [0.4, 0.5) is 5.69 Å². The van der Waals surface area contributed by atoms with Gasteiger partial charge in [0.1, 0.15) is 0 Å². The van der Waals surface area contributed by atoms with Crippen molar-refractivity contribution in [2.75, 3.05) is 0 Å². The van der Waals surface area contributed by atoms with Crippen LogP contribution >= 0.6 is 23.2 Å². The third kappa shape index (κ3) is 2.52. The summed E-state index contributed by atoms with van der Waals surface area (Å²) in [5, 5.41) is 18.1. The van der Waals surface area contributed by atoms with Crippen LogP contribution in [0, 0.1) is 11.5 Å². The highest BCUT2D eigenvalue weighted by molar-refractivity contribution is 6.43. The second kappa shape index (κ2) is 5.26. The van der Waals surface area contributed by atoms with Crippen molar-refractivity contribution in [1.29, 1.82) is 5.26 Å². The fourth-order valence-corrected chi connectivity index (χ4v) is 2.01. The zero-order valence-electron chi connectivity index (χ0n) is 9.34. The number of benzene rings is 1. The summed E-state index contributed by atoms with van der Waals surface area (Å²) in [5.41, 5.74) is 1.19. The Bertz CT molecular complexity index is 649. The fourth-order valence-electron chi connectivity index (χ4n) is 1.61. The van der Waals surface area contributed by atoms with Crippen molar-refractivity contribution in [3.8, 4) is 6.19 Å². The van der Waals surface area contributed by atoms with Crippen LogP contribution in [0.15, 0.2) is 22.1 Å². The summed E-state index contributed by atoms with van der Waals surface area (Å²) in [6, 6.07) is 3.29. The summed E-state index contributed by atoms with van der Waals surface area (Å²) in [5.74, 6) is -1.75. The topological polar surface area (TPSA) is 89.0 Å². The van der Waals surface area contributed by atoms with Crippen molar-refractivity contribution in [1.82, 2.24) is 4.90 Å². The molecule has 1 N–H and O–H groups in total. The summed E-state index contributed by atoms with van der Waals surface area (Å²) < 4.78 is 0. The van der Waals surface area contributed by atoms with Crippen LogP contribution in [-0.4, -0.2) is 28.1 Å². The van der Waals surface area contributed by atoms with E-state index in [2.05, 4.69) is 9.98 Å². The molecule has 0 saturated carbocycles. The molecule has 2 rings (SSSR count). The molecule has 0 saturated heterocycles. The molecule has 19 heavy (non-hydrogen) atoms. The van der Waals surface area contributed by atoms with E-state index < -0.39 is 11.8 Å². The highest BCUT2D eigenvalue weighted by Gasteiger charge is 2.24. The lowest BCUT2D eigenvalue weighted by atomic mass is 10.1. The number of carboxylic acid groups (broad SMARTS) is 1. The number of aliphatic carboxylic acids is 1. The van der Waals surface area contributed by atoms with Crippen LogP contribution in [-0.2, 0) is 11.3 Å². The average molecular weight is 297 g/mol. The van der Waals surface area contributed by atoms with Crippen molar-refractivity contribution in [2.24, 2.45) is 9.98 Å². The predicted molar refractivity (Wildman–Crippen MR) is 70.8 cm³/mol. The molecule has 6 nitrogen and oxygen atoms in total. The Morgan fingerprint density at radius 3 is 2.89 bits per heavy atom. The van der Waals surface area contributed by atoms with E-state index >= 15 is 0 Å². The molecule has 0 aliphatic carbocycles. The normalized spacial score (nSPS) is 13.9. The van der Waals surface area contributed by atoms with Gasteiger partial charge in [0.15, 0.2) is 0 Å². The Morgan fingerprint density at radius 2 is 2.26 bits per heavy atom. The summed E-state index contributed by atoms with van der Waals surface area (Å²) in [7, 11) is 0. The van der Waals surface area contributed by atoms with Gasteiger partial charge in [-0.1, -0.05) is 23.2 Å². The van der Waals surface area contributed by atoms with Gasteiger partial charge in [0.25, 0.3) is 0 Å². The molecular formula is C11H6Cl2N4O2. The third-order valence-electron chi connectivity index (χ3n) is 2.46. The second-order valence-corrected chi connectivity index (χ2v) is 4.36. The number of carboxylic acids is 1. The highest BCUT2D eigenvalue weighted by Crippen LogP contribution is 2.35. The standard InChI is InChI=1S/C11H6Cl2N4O2/c12-7-1-2-8-6(9(7)13)3-17(5-16-8)10(11(18)19)15-4-14/h1-2,5H,3H2,(H,18,19). The lowest BCUT2D eigenvalue weighted by Gasteiger charge is -2.23. The summed E-state index contributed by atoms with van der Waals surface area (Å²) in [6.07, 6.45) is 2.73. The molecule has 1 aliphatic heterocycles. The quantitative estimate of drug-likeness (QED) is 0.452. The lowest BCUT2D eigenvalue weighted by molar-refractivity contribution is -0.130. The van der Waals surface area contributed by atoms with Gasteiger partial charge in [0.2, 0.25) is 12.0 Å². The molecule has 96 valence electrons. The summed E-state index contributed by atoms with van der Waals surface area (Å²) in [6.45, 7) is 0.130. The van der Waals surface area contributed by atoms with Crippen LogP contribution in [0.2, 0.25) is 10.0 Å². The molecule has 0 amide bonds. The monoisotopic (exact) mass is 296 g/mol. The van der Waals surface area contributed by atoms with Gasteiger partial charge in [-0.15, -0.1) is 4.99 Å². The predicted octanol–water partition coefficient (Wildman–Crippen LogP) is 2.43. The Hall–Kier alpha value is -2.10. The number of carbonyl (C=O) groups is 1. The van der Waals surface area contributed by atoms with Crippen molar-refractivity contribution in [3.63, 3.8) is 0 Å². The zero-order valence-corrected chi connectivity index (χ0v) is 10.9. The summed E-state index contributed by atoms with van der Waals surface area (Å²) >= 11 is 11.9. The van der Waals surface area contributed by atoms with Gasteiger partial charge < -0.3 is 10.0 Å². The first-order valence-corrected chi connectivity index (χ1v) is 5.78. The maximum absolute atomic E-state index is 11.0. The van der Waals surface area contributed by atoms with Gasteiger partial charge in [-0.05, 0) is 12.1 Å². The molecule has 1 heterocycles. The van der Waals surface area contributed by atoms with Crippen LogP contribution < -0.4 is 0 Å². The third-order valence-corrected chi connectivity index (χ3v) is 3.30. The number of amidine groups is 1. The molecule has 0 spiro atoms. The number of nitrogens with zero attached hydrogens (tertiary/aromatic N) is 4. The van der Waals surface area contributed by atoms with E-state index in [4.69, 9.17) is 33.6 Å². The van der Waals surface area contributed by atoms with E-state index in [1.54, 1.807) is 12.1 Å². The maximum Gasteiger partial charge on any atom is 0.373 e. The van der Waals surface area contributed by atoms with Crippen LogP contribution in [0.1, 0.15) is 5.56 Å². The van der Waals surface area contributed by atoms with Gasteiger partial charge in [-0.25, -0.2) is 9.79 Å². The largest absolute Gasteiger partial charge is 0.475 e. The van der Waals surface area contributed by atoms with Crippen molar-refractivity contribution in [2.45, 2.75) is 6.54 Å². The molecule has 0 unspecified atom stereocenters. The van der Waals surface area contributed by atoms with Gasteiger partial charge in [0.05, 0.1) is 28.6 Å². The minimum Gasteiger partial charge on any atom is -0.475 e. The number of hydrogen-bond donors (Lipinski definition) is 1. The van der Waals surface area contributed by atoms with Crippen molar-refractivity contribution in [3.05, 3.63) is 27.7 Å². The second-order valence-electron chi connectivity index (χ2n) is 3.57. The molecule has 0 radical (unpaired) electrons. The van der Waals surface area contributed by atoms with E-state index in [9.17, 15) is 4.79 Å². The first-order valence-electron chi connectivity index (χ1n) is 5.02. The van der Waals surface area contributed by atoms with Gasteiger partial charge >= 0.3 is 5.97 Å². The molecule has 0 fully saturated rings. The van der Waals surface area contributed by atoms with Crippen molar-refractivity contribution < 1.29 is 9.90 Å². The molecule has 1 aliphatic rings. The molecule has 0 bridgehead atoms. The Kier molecular flexibility index (Phi) is 3.69. The Labute approximate surface area is 118 Å². The molecule has 8 heteroatoms. The van der Waals surface area contributed by atoms with Crippen molar-refractivity contribution >= 4 is 47.0 Å². The fraction of sp³-hybridized carbons (Fsp3) is 0.0909. The van der Waals surface area contributed by atoms with Gasteiger partial charge in [0, 0.05) is 5.56 Å².